The van der Waals surface area contributed by atoms with Crippen molar-refractivity contribution in [3.63, 3.8) is 0 Å². The highest BCUT2D eigenvalue weighted by Gasteiger charge is 2.34. The normalized spacial score (nSPS) is 18.8. The van der Waals surface area contributed by atoms with E-state index < -0.39 is 5.60 Å². The van der Waals surface area contributed by atoms with Crippen molar-refractivity contribution in [2.75, 3.05) is 31.6 Å². The molecule has 1 saturated heterocycles. The summed E-state index contributed by atoms with van der Waals surface area (Å²) in [5.74, 6) is 0.593. The van der Waals surface area contributed by atoms with Crippen LogP contribution in [0.1, 0.15) is 58.6 Å². The Balaban J connectivity index is 1.69. The number of hydrogen-bond acceptors (Lipinski definition) is 4. The number of fused-ring (bicyclic) bond motifs is 1. The van der Waals surface area contributed by atoms with Crippen LogP contribution in [0.3, 0.4) is 0 Å². The molecule has 0 saturated carbocycles. The molecule has 3 rings (SSSR count). The highest BCUT2D eigenvalue weighted by atomic mass is 16.6. The van der Waals surface area contributed by atoms with Gasteiger partial charge in [-0.05, 0) is 77.0 Å². The number of rotatable bonds is 3. The second-order valence-electron chi connectivity index (χ2n) is 9.64. The van der Waals surface area contributed by atoms with Crippen molar-refractivity contribution in [3.8, 4) is 0 Å². The van der Waals surface area contributed by atoms with Gasteiger partial charge in [0.05, 0.1) is 5.60 Å². The first-order valence-electron chi connectivity index (χ1n) is 10.5. The Morgan fingerprint density at radius 2 is 1.75 bits per heavy atom. The fourth-order valence-corrected chi connectivity index (χ4v) is 4.35. The summed E-state index contributed by atoms with van der Waals surface area (Å²) >= 11 is 0. The van der Waals surface area contributed by atoms with Crippen LogP contribution in [-0.4, -0.2) is 48.9 Å². The molecule has 0 bridgehead atoms. The predicted octanol–water partition coefficient (Wildman–Crippen LogP) is 4.62. The molecule has 0 atom stereocenters. The van der Waals surface area contributed by atoms with Gasteiger partial charge in [-0.3, -0.25) is 0 Å². The fourth-order valence-electron chi connectivity index (χ4n) is 4.35. The van der Waals surface area contributed by atoms with Crippen LogP contribution < -0.4 is 4.90 Å². The molecule has 1 aromatic carbocycles. The largest absolute Gasteiger partial charge is 0.444 e. The van der Waals surface area contributed by atoms with Crippen LogP contribution in [0, 0.1) is 5.92 Å². The number of benzene rings is 1. The maximum absolute atomic E-state index is 12.5. The van der Waals surface area contributed by atoms with Crippen molar-refractivity contribution in [2.24, 2.45) is 5.92 Å². The topological polar surface area (TPSA) is 42.0 Å². The first-order chi connectivity index (χ1) is 13.1. The van der Waals surface area contributed by atoms with Gasteiger partial charge in [0.25, 0.3) is 0 Å². The Labute approximate surface area is 170 Å². The number of carbonyl (C=O) groups excluding carboxylic acids is 1. The van der Waals surface area contributed by atoms with Crippen molar-refractivity contribution in [2.45, 2.75) is 71.6 Å². The minimum absolute atomic E-state index is 0.0594. The van der Waals surface area contributed by atoms with Crippen LogP contribution in [0.25, 0.3) is 0 Å². The summed E-state index contributed by atoms with van der Waals surface area (Å²) < 4.78 is 11.3. The monoisotopic (exact) mass is 388 g/mol. The van der Waals surface area contributed by atoms with Gasteiger partial charge in [-0.15, -0.1) is 0 Å². The Kier molecular flexibility index (Phi) is 5.95. The van der Waals surface area contributed by atoms with Gasteiger partial charge >= 0.3 is 6.09 Å². The zero-order chi connectivity index (χ0) is 20.5. The third-order valence-corrected chi connectivity index (χ3v) is 6.24. The first kappa shape index (κ1) is 21.0. The van der Waals surface area contributed by atoms with E-state index in [1.165, 1.54) is 16.8 Å². The standard InChI is InChI=1S/C23H36N2O3/c1-22(2,3)28-21(26)25-15-12-19-17(16-25)8-7-9-20(19)24-13-10-18(11-14-24)23(4,5)27-6/h7-9,18H,10-16H2,1-6H3. The summed E-state index contributed by atoms with van der Waals surface area (Å²) in [4.78, 5) is 16.8. The molecule has 1 amide bonds. The summed E-state index contributed by atoms with van der Waals surface area (Å²) in [6.07, 6.45) is 2.96. The molecule has 0 N–H and O–H groups in total. The van der Waals surface area contributed by atoms with Gasteiger partial charge in [-0.25, -0.2) is 4.79 Å². The minimum atomic E-state index is -0.459. The van der Waals surface area contributed by atoms with Gasteiger partial charge in [0, 0.05) is 39.0 Å². The lowest BCUT2D eigenvalue weighted by Gasteiger charge is -2.42. The van der Waals surface area contributed by atoms with E-state index in [0.29, 0.717) is 19.0 Å². The van der Waals surface area contributed by atoms with Crippen LogP contribution in [0.15, 0.2) is 18.2 Å². The molecule has 0 aromatic heterocycles. The van der Waals surface area contributed by atoms with Crippen molar-refractivity contribution in [1.29, 1.82) is 0 Å². The number of piperidine rings is 1. The minimum Gasteiger partial charge on any atom is -0.444 e. The maximum Gasteiger partial charge on any atom is 0.410 e. The SMILES string of the molecule is COC(C)(C)C1CCN(c2cccc3c2CCN(C(=O)OC(C)(C)C)C3)CC1. The van der Waals surface area contributed by atoms with Gasteiger partial charge in [-0.2, -0.15) is 0 Å². The van der Waals surface area contributed by atoms with E-state index in [4.69, 9.17) is 9.47 Å². The molecule has 2 heterocycles. The molecule has 28 heavy (non-hydrogen) atoms. The molecule has 156 valence electrons. The van der Waals surface area contributed by atoms with E-state index in [1.54, 1.807) is 0 Å². The predicted molar refractivity (Wildman–Crippen MR) is 113 cm³/mol. The summed E-state index contributed by atoms with van der Waals surface area (Å²) in [5.41, 5.74) is 3.46. The van der Waals surface area contributed by atoms with Crippen molar-refractivity contribution >= 4 is 11.8 Å². The summed E-state index contributed by atoms with van der Waals surface area (Å²) in [5, 5.41) is 0. The first-order valence-corrected chi connectivity index (χ1v) is 10.5. The molecule has 2 aliphatic rings. The highest BCUT2D eigenvalue weighted by Crippen LogP contribution is 2.35. The van der Waals surface area contributed by atoms with E-state index in [0.717, 1.165) is 32.4 Å². The summed E-state index contributed by atoms with van der Waals surface area (Å²) in [7, 11) is 1.82. The van der Waals surface area contributed by atoms with Crippen molar-refractivity contribution < 1.29 is 14.3 Å². The maximum atomic E-state index is 12.5. The third-order valence-electron chi connectivity index (χ3n) is 6.24. The lowest BCUT2D eigenvalue weighted by molar-refractivity contribution is -0.0357. The van der Waals surface area contributed by atoms with Gasteiger partial charge in [0.15, 0.2) is 0 Å². The van der Waals surface area contributed by atoms with Gasteiger partial charge in [-0.1, -0.05) is 12.1 Å². The van der Waals surface area contributed by atoms with Crippen LogP contribution in [0.4, 0.5) is 10.5 Å². The molecule has 5 nitrogen and oxygen atoms in total. The molecule has 2 aliphatic heterocycles. The van der Waals surface area contributed by atoms with Gasteiger partial charge < -0.3 is 19.3 Å². The van der Waals surface area contributed by atoms with Crippen molar-refractivity contribution in [1.82, 2.24) is 4.90 Å². The van der Waals surface area contributed by atoms with Crippen LogP contribution in [-0.2, 0) is 22.4 Å². The van der Waals surface area contributed by atoms with Crippen LogP contribution >= 0.6 is 0 Å². The fraction of sp³-hybridized carbons (Fsp3) is 0.696. The molecular formula is C23H36N2O3. The van der Waals surface area contributed by atoms with E-state index in [9.17, 15) is 4.79 Å². The number of nitrogens with zero attached hydrogens (tertiary/aromatic N) is 2. The zero-order valence-electron chi connectivity index (χ0n) is 18.4. The Morgan fingerprint density at radius 1 is 1.07 bits per heavy atom. The Hall–Kier alpha value is -1.75. The lowest BCUT2D eigenvalue weighted by Crippen LogP contribution is -2.44. The third kappa shape index (κ3) is 4.62. The molecular weight excluding hydrogens is 352 g/mol. The molecule has 5 heteroatoms. The molecule has 0 aliphatic carbocycles. The molecule has 1 fully saturated rings. The zero-order valence-corrected chi connectivity index (χ0v) is 18.4. The molecule has 1 aromatic rings. The number of anilines is 1. The van der Waals surface area contributed by atoms with E-state index >= 15 is 0 Å². The number of amides is 1. The Bertz CT molecular complexity index is 700. The summed E-state index contributed by atoms with van der Waals surface area (Å²) in [6.45, 7) is 13.6. The Morgan fingerprint density at radius 3 is 2.36 bits per heavy atom. The second kappa shape index (κ2) is 7.94. The lowest BCUT2D eigenvalue weighted by atomic mass is 9.82. The smallest absolute Gasteiger partial charge is 0.410 e. The van der Waals surface area contributed by atoms with Gasteiger partial charge in [0.1, 0.15) is 5.60 Å². The average molecular weight is 389 g/mol. The molecule has 0 spiro atoms. The average Bonchev–Trinajstić information content (AvgIpc) is 2.66. The second-order valence-corrected chi connectivity index (χ2v) is 9.64. The number of ether oxygens (including phenoxy) is 2. The van der Waals surface area contributed by atoms with E-state index in [1.807, 2.05) is 32.8 Å². The van der Waals surface area contributed by atoms with E-state index in [2.05, 4.69) is 36.9 Å². The van der Waals surface area contributed by atoms with Crippen LogP contribution in [0.2, 0.25) is 0 Å². The van der Waals surface area contributed by atoms with Gasteiger partial charge in [0.2, 0.25) is 0 Å². The number of carbonyl (C=O) groups is 1. The number of methoxy groups -OCH3 is 1. The van der Waals surface area contributed by atoms with Crippen LogP contribution in [0.5, 0.6) is 0 Å². The molecule has 0 unspecified atom stereocenters. The van der Waals surface area contributed by atoms with E-state index in [-0.39, 0.29) is 11.7 Å². The number of hydrogen-bond donors (Lipinski definition) is 0. The highest BCUT2D eigenvalue weighted by molar-refractivity contribution is 5.69. The quantitative estimate of drug-likeness (QED) is 0.758. The summed E-state index contributed by atoms with van der Waals surface area (Å²) in [6, 6.07) is 6.51. The van der Waals surface area contributed by atoms with Crippen molar-refractivity contribution in [3.05, 3.63) is 29.3 Å². The molecule has 0 radical (unpaired) electrons.